The summed E-state index contributed by atoms with van der Waals surface area (Å²) in [7, 11) is -5.00. The van der Waals surface area contributed by atoms with Gasteiger partial charge in [0, 0.05) is 30.6 Å². The Morgan fingerprint density at radius 3 is 2.46 bits per heavy atom. The van der Waals surface area contributed by atoms with Gasteiger partial charge >= 0.3 is 10.2 Å². The summed E-state index contributed by atoms with van der Waals surface area (Å²) in [5.41, 5.74) is 0.436. The number of nitrogens with zero attached hydrogens (tertiary/aromatic N) is 2. The Morgan fingerprint density at radius 1 is 1.36 bits per heavy atom. The monoisotopic (exact) mass is 451 g/mol. The van der Waals surface area contributed by atoms with Crippen LogP contribution in [0.4, 0.5) is 0 Å². The van der Waals surface area contributed by atoms with Crippen molar-refractivity contribution >= 4 is 37.3 Å². The zero-order chi connectivity index (χ0) is 21.5. The number of sulfonamides is 1. The molecule has 0 aliphatic carbocycles. The average Bonchev–Trinajstić information content (AvgIpc) is 3.08. The van der Waals surface area contributed by atoms with E-state index in [2.05, 4.69) is 16.6 Å². The van der Waals surface area contributed by atoms with Crippen molar-refractivity contribution in [1.29, 1.82) is 5.41 Å². The summed E-state index contributed by atoms with van der Waals surface area (Å²) >= 11 is 1.49. The minimum atomic E-state index is -4.36. The predicted octanol–water partition coefficient (Wildman–Crippen LogP) is 1.33. The van der Waals surface area contributed by atoms with E-state index in [1.165, 1.54) is 11.3 Å². The maximum Gasteiger partial charge on any atom is 0.315 e. The van der Waals surface area contributed by atoms with Gasteiger partial charge in [-0.25, -0.2) is 8.42 Å². The zero-order valence-electron chi connectivity index (χ0n) is 16.6. The molecule has 0 amide bonds. The van der Waals surface area contributed by atoms with Crippen LogP contribution in [0.15, 0.2) is 29.9 Å². The summed E-state index contributed by atoms with van der Waals surface area (Å²) in [5, 5.41) is 12.6. The quantitative estimate of drug-likeness (QED) is 0.307. The average molecular weight is 452 g/mol. The molecule has 0 fully saturated rings. The van der Waals surface area contributed by atoms with Gasteiger partial charge in [0.15, 0.2) is 0 Å². The van der Waals surface area contributed by atoms with Gasteiger partial charge in [-0.05, 0) is 38.4 Å². The molecule has 160 valence electrons. The summed E-state index contributed by atoms with van der Waals surface area (Å²) in [6.07, 6.45) is 1.57. The summed E-state index contributed by atoms with van der Waals surface area (Å²) in [4.78, 5) is 2.55. The van der Waals surface area contributed by atoms with Gasteiger partial charge in [0.1, 0.15) is 5.82 Å². The molecular formula is C16H29N5O4S3. The van der Waals surface area contributed by atoms with Crippen LogP contribution in [0.3, 0.4) is 0 Å². The smallest absolute Gasteiger partial charge is 0.315 e. The third kappa shape index (κ3) is 7.17. The highest BCUT2D eigenvalue weighted by atomic mass is 32.3. The van der Waals surface area contributed by atoms with Crippen molar-refractivity contribution in [3.8, 4) is 0 Å². The molecule has 1 aromatic heterocycles. The van der Waals surface area contributed by atoms with E-state index in [9.17, 15) is 16.8 Å². The predicted molar refractivity (Wildman–Crippen MR) is 114 cm³/mol. The van der Waals surface area contributed by atoms with Crippen LogP contribution in [0, 0.1) is 5.41 Å². The lowest BCUT2D eigenvalue weighted by Crippen LogP contribution is -2.46. The van der Waals surface area contributed by atoms with E-state index in [-0.39, 0.29) is 18.4 Å². The first-order chi connectivity index (χ1) is 12.9. The second-order valence-electron chi connectivity index (χ2n) is 6.40. The molecular weight excluding hydrogens is 422 g/mol. The number of rotatable bonds is 13. The summed E-state index contributed by atoms with van der Waals surface area (Å²) in [6.45, 7) is 5.74. The molecule has 0 saturated heterocycles. The molecule has 1 atom stereocenters. The molecule has 9 nitrogen and oxygen atoms in total. The maximum atomic E-state index is 12.7. The summed E-state index contributed by atoms with van der Waals surface area (Å²) < 4.78 is 52.1. The van der Waals surface area contributed by atoms with Gasteiger partial charge in [0.25, 0.3) is 0 Å². The molecule has 0 aliphatic heterocycles. The highest BCUT2D eigenvalue weighted by Crippen LogP contribution is 2.29. The third-order valence-corrected chi connectivity index (χ3v) is 8.43. The van der Waals surface area contributed by atoms with Crippen LogP contribution in [0.2, 0.25) is 0 Å². The van der Waals surface area contributed by atoms with Crippen molar-refractivity contribution in [3.05, 3.63) is 34.8 Å². The second-order valence-corrected chi connectivity index (χ2v) is 11.1. The lowest BCUT2D eigenvalue weighted by Gasteiger charge is -2.32. The Labute approximate surface area is 172 Å². The van der Waals surface area contributed by atoms with Crippen molar-refractivity contribution in [2.45, 2.75) is 25.8 Å². The fourth-order valence-corrected chi connectivity index (χ4v) is 6.29. The van der Waals surface area contributed by atoms with Crippen LogP contribution in [0.25, 0.3) is 0 Å². The van der Waals surface area contributed by atoms with Crippen molar-refractivity contribution in [2.75, 3.05) is 33.4 Å². The van der Waals surface area contributed by atoms with E-state index in [0.717, 1.165) is 11.1 Å². The number of hydrogen-bond donors (Lipinski definition) is 3. The van der Waals surface area contributed by atoms with Gasteiger partial charge in [-0.1, -0.05) is 16.4 Å². The normalized spacial score (nSPS) is 13.3. The molecule has 0 bridgehead atoms. The molecule has 28 heavy (non-hydrogen) atoms. The lowest BCUT2D eigenvalue weighted by molar-refractivity contribution is 0.309. The highest BCUT2D eigenvalue weighted by Gasteiger charge is 2.32. The fourth-order valence-electron chi connectivity index (χ4n) is 2.51. The Hall–Kier alpha value is -1.47. The van der Waals surface area contributed by atoms with Crippen LogP contribution in [-0.2, 0) is 20.2 Å². The van der Waals surface area contributed by atoms with Crippen LogP contribution in [0.1, 0.15) is 30.7 Å². The van der Waals surface area contributed by atoms with Crippen LogP contribution >= 0.6 is 11.3 Å². The fraction of sp³-hybridized carbons (Fsp3) is 0.562. The first-order valence-corrected chi connectivity index (χ1v) is 12.7. The SMILES string of the molecule is C=C(NS(=O)(=O)N(CCCNC)S(C)(=O)=O)N(C)C(CC(C)=N)c1cccs1. The maximum absolute atomic E-state index is 12.7. The lowest BCUT2D eigenvalue weighted by atomic mass is 10.1. The van der Waals surface area contributed by atoms with E-state index in [0.29, 0.717) is 28.8 Å². The summed E-state index contributed by atoms with van der Waals surface area (Å²) in [6, 6.07) is 3.49. The van der Waals surface area contributed by atoms with E-state index < -0.39 is 20.2 Å². The molecule has 0 radical (unpaired) electrons. The molecule has 3 N–H and O–H groups in total. The minimum Gasteiger partial charge on any atom is -0.353 e. The molecule has 0 aromatic carbocycles. The molecule has 1 rings (SSSR count). The van der Waals surface area contributed by atoms with Crippen molar-refractivity contribution in [1.82, 2.24) is 18.6 Å². The van der Waals surface area contributed by atoms with Gasteiger partial charge in [0.2, 0.25) is 10.0 Å². The number of thiophene rings is 1. The van der Waals surface area contributed by atoms with Gasteiger partial charge in [-0.15, -0.1) is 11.3 Å². The molecule has 0 spiro atoms. The Kier molecular flexibility index (Phi) is 9.08. The zero-order valence-corrected chi connectivity index (χ0v) is 19.0. The Balaban J connectivity index is 3.04. The number of nitrogens with one attached hydrogen (secondary N) is 3. The first-order valence-electron chi connectivity index (χ1n) is 8.54. The highest BCUT2D eigenvalue weighted by molar-refractivity contribution is 8.02. The molecule has 1 heterocycles. The third-order valence-electron chi connectivity index (χ3n) is 3.92. The van der Waals surface area contributed by atoms with E-state index in [1.807, 2.05) is 17.5 Å². The number of hydrogen-bond acceptors (Lipinski definition) is 8. The molecule has 0 saturated carbocycles. The van der Waals surface area contributed by atoms with Crippen molar-refractivity contribution in [2.24, 2.45) is 0 Å². The van der Waals surface area contributed by atoms with E-state index in [1.54, 1.807) is 25.9 Å². The topological polar surface area (TPSA) is 123 Å². The van der Waals surface area contributed by atoms with Gasteiger partial charge in [-0.2, -0.15) is 8.42 Å². The van der Waals surface area contributed by atoms with Crippen LogP contribution in [-0.4, -0.2) is 64.6 Å². The Bertz CT molecular complexity index is 866. The van der Waals surface area contributed by atoms with Crippen LogP contribution in [0.5, 0.6) is 0 Å². The van der Waals surface area contributed by atoms with Crippen molar-refractivity contribution in [3.63, 3.8) is 0 Å². The summed E-state index contributed by atoms with van der Waals surface area (Å²) in [5.74, 6) is 0.0296. The molecule has 1 aromatic rings. The van der Waals surface area contributed by atoms with Gasteiger partial charge in [0.05, 0.1) is 12.3 Å². The molecule has 0 aliphatic rings. The standard InChI is InChI=1S/C16H29N5O4S3/c1-13(17)12-15(16-8-6-11-26-16)20(4)14(2)19-28(24,25)21(27(5,22)23)10-7-9-18-3/h6,8,11,15,17-19H,2,7,9-10,12H2,1,3-5H3. The second kappa shape index (κ2) is 10.3. The first kappa shape index (κ1) is 24.6. The Morgan fingerprint density at radius 2 is 2.00 bits per heavy atom. The van der Waals surface area contributed by atoms with Gasteiger partial charge in [-0.3, -0.25) is 4.72 Å². The van der Waals surface area contributed by atoms with E-state index in [4.69, 9.17) is 5.41 Å². The largest absolute Gasteiger partial charge is 0.353 e. The minimum absolute atomic E-state index is 0.0296. The van der Waals surface area contributed by atoms with Crippen molar-refractivity contribution < 1.29 is 16.8 Å². The van der Waals surface area contributed by atoms with Gasteiger partial charge < -0.3 is 15.6 Å². The van der Waals surface area contributed by atoms with E-state index >= 15 is 0 Å². The molecule has 12 heteroatoms. The van der Waals surface area contributed by atoms with Crippen LogP contribution < -0.4 is 10.0 Å². The molecule has 1 unspecified atom stereocenters.